The molecule has 118 valence electrons. The van der Waals surface area contributed by atoms with Crippen LogP contribution in [-0.2, 0) is 0 Å². The van der Waals surface area contributed by atoms with E-state index < -0.39 is 0 Å². The van der Waals surface area contributed by atoms with E-state index >= 15 is 0 Å². The number of hydrogen-bond acceptors (Lipinski definition) is 2. The van der Waals surface area contributed by atoms with E-state index in [1.165, 1.54) is 71.0 Å². The fourth-order valence-electron chi connectivity index (χ4n) is 4.35. The Bertz CT molecular complexity index is 260. The van der Waals surface area contributed by atoms with Gasteiger partial charge >= 0.3 is 0 Å². The molecule has 2 rings (SSSR count). The van der Waals surface area contributed by atoms with Crippen LogP contribution in [0.5, 0.6) is 0 Å². The minimum atomic E-state index is 0.708. The zero-order valence-corrected chi connectivity index (χ0v) is 14.0. The molecule has 1 aliphatic carbocycles. The Morgan fingerprint density at radius 3 is 2.45 bits per heavy atom. The number of nitrogens with zero attached hydrogens (tertiary/aromatic N) is 1. The maximum Gasteiger partial charge on any atom is 0.0220 e. The smallest absolute Gasteiger partial charge is 0.0220 e. The van der Waals surface area contributed by atoms with Gasteiger partial charge in [0.25, 0.3) is 0 Å². The summed E-state index contributed by atoms with van der Waals surface area (Å²) in [5, 5.41) is 3.80. The molecule has 1 heterocycles. The summed E-state index contributed by atoms with van der Waals surface area (Å²) in [7, 11) is 0. The number of nitrogens with one attached hydrogen (secondary N) is 1. The Morgan fingerprint density at radius 1 is 1.05 bits per heavy atom. The minimum absolute atomic E-state index is 0.708. The lowest BCUT2D eigenvalue weighted by Gasteiger charge is -2.39. The molecule has 2 aliphatic rings. The maximum absolute atomic E-state index is 3.80. The predicted octanol–water partition coefficient (Wildman–Crippen LogP) is 4.06. The molecule has 1 N–H and O–H groups in total. The van der Waals surface area contributed by atoms with Crippen molar-refractivity contribution in [2.45, 2.75) is 84.2 Å². The molecule has 1 aliphatic heterocycles. The van der Waals surface area contributed by atoms with Crippen LogP contribution in [-0.4, -0.2) is 36.6 Å². The van der Waals surface area contributed by atoms with Crippen LogP contribution in [0.15, 0.2) is 0 Å². The Labute approximate surface area is 126 Å². The van der Waals surface area contributed by atoms with Gasteiger partial charge in [0.2, 0.25) is 0 Å². The van der Waals surface area contributed by atoms with Gasteiger partial charge in [0.1, 0.15) is 0 Å². The normalized spacial score (nSPS) is 29.9. The highest BCUT2D eigenvalue weighted by atomic mass is 15.2. The van der Waals surface area contributed by atoms with Crippen LogP contribution >= 0.6 is 0 Å². The van der Waals surface area contributed by atoms with Gasteiger partial charge in [-0.3, -0.25) is 4.90 Å². The van der Waals surface area contributed by atoms with Crippen LogP contribution in [0.2, 0.25) is 0 Å². The Kier molecular flexibility index (Phi) is 6.83. The Balaban J connectivity index is 1.98. The van der Waals surface area contributed by atoms with E-state index in [9.17, 15) is 0 Å². The van der Waals surface area contributed by atoms with Crippen LogP contribution < -0.4 is 5.32 Å². The lowest BCUT2D eigenvalue weighted by atomic mass is 9.82. The molecular formula is C18H36N2. The molecule has 0 aromatic carbocycles. The second-order valence-corrected chi connectivity index (χ2v) is 7.17. The first kappa shape index (κ1) is 16.3. The first-order valence-electron chi connectivity index (χ1n) is 9.23. The van der Waals surface area contributed by atoms with Gasteiger partial charge in [0, 0.05) is 18.6 Å². The van der Waals surface area contributed by atoms with Crippen molar-refractivity contribution in [2.24, 2.45) is 11.8 Å². The van der Waals surface area contributed by atoms with E-state index in [1.54, 1.807) is 0 Å². The van der Waals surface area contributed by atoms with Crippen molar-refractivity contribution in [3.05, 3.63) is 0 Å². The monoisotopic (exact) mass is 280 g/mol. The van der Waals surface area contributed by atoms with Crippen molar-refractivity contribution in [1.82, 2.24) is 10.2 Å². The maximum atomic E-state index is 3.80. The summed E-state index contributed by atoms with van der Waals surface area (Å²) in [5.41, 5.74) is 0. The fraction of sp³-hybridized carbons (Fsp3) is 1.00. The average molecular weight is 280 g/mol. The summed E-state index contributed by atoms with van der Waals surface area (Å²) in [4.78, 5) is 2.85. The summed E-state index contributed by atoms with van der Waals surface area (Å²) in [6.07, 6.45) is 11.4. The summed E-state index contributed by atoms with van der Waals surface area (Å²) in [6, 6.07) is 1.56. The zero-order chi connectivity index (χ0) is 14.4. The first-order chi connectivity index (χ1) is 9.76. The standard InChI is InChI=1S/C18H36N2/c1-4-15(3)17-14-20(13-9-12-19-17)18(5-2)16-10-7-6-8-11-16/h15-19H,4-14H2,1-3H3. The quantitative estimate of drug-likeness (QED) is 0.817. The molecule has 0 bridgehead atoms. The molecule has 3 unspecified atom stereocenters. The third kappa shape index (κ3) is 4.21. The third-order valence-corrected chi connectivity index (χ3v) is 5.87. The van der Waals surface area contributed by atoms with E-state index in [4.69, 9.17) is 0 Å². The second-order valence-electron chi connectivity index (χ2n) is 7.17. The van der Waals surface area contributed by atoms with Gasteiger partial charge in [0.15, 0.2) is 0 Å². The SMILES string of the molecule is CCC(C)C1CN(C(CC)C2CCCCC2)CCCN1. The zero-order valence-electron chi connectivity index (χ0n) is 14.0. The van der Waals surface area contributed by atoms with Crippen LogP contribution in [0.4, 0.5) is 0 Å². The van der Waals surface area contributed by atoms with Crippen molar-refractivity contribution < 1.29 is 0 Å². The topological polar surface area (TPSA) is 15.3 Å². The van der Waals surface area contributed by atoms with Crippen molar-refractivity contribution in [3.8, 4) is 0 Å². The van der Waals surface area contributed by atoms with Crippen molar-refractivity contribution in [1.29, 1.82) is 0 Å². The van der Waals surface area contributed by atoms with Gasteiger partial charge in [-0.1, -0.05) is 46.5 Å². The molecule has 0 spiro atoms. The average Bonchev–Trinajstić information content (AvgIpc) is 2.74. The molecule has 2 nitrogen and oxygen atoms in total. The van der Waals surface area contributed by atoms with E-state index in [0.29, 0.717) is 6.04 Å². The van der Waals surface area contributed by atoms with Gasteiger partial charge in [-0.2, -0.15) is 0 Å². The second kappa shape index (κ2) is 8.38. The summed E-state index contributed by atoms with van der Waals surface area (Å²) in [5.74, 6) is 1.78. The first-order valence-corrected chi connectivity index (χ1v) is 9.23. The van der Waals surface area contributed by atoms with Gasteiger partial charge in [-0.25, -0.2) is 0 Å². The molecule has 2 heteroatoms. The van der Waals surface area contributed by atoms with E-state index in [0.717, 1.165) is 17.9 Å². The summed E-state index contributed by atoms with van der Waals surface area (Å²) < 4.78 is 0. The van der Waals surface area contributed by atoms with Crippen molar-refractivity contribution in [2.75, 3.05) is 19.6 Å². The third-order valence-electron chi connectivity index (χ3n) is 5.87. The highest BCUT2D eigenvalue weighted by Gasteiger charge is 2.30. The largest absolute Gasteiger partial charge is 0.312 e. The van der Waals surface area contributed by atoms with Gasteiger partial charge in [-0.05, 0) is 50.6 Å². The van der Waals surface area contributed by atoms with E-state index in [2.05, 4.69) is 31.0 Å². The van der Waals surface area contributed by atoms with E-state index in [1.807, 2.05) is 0 Å². The lowest BCUT2D eigenvalue weighted by Crippen LogP contribution is -2.48. The van der Waals surface area contributed by atoms with Crippen LogP contribution in [0.3, 0.4) is 0 Å². The highest BCUT2D eigenvalue weighted by molar-refractivity contribution is 4.87. The Hall–Kier alpha value is -0.0800. The van der Waals surface area contributed by atoms with Crippen LogP contribution in [0, 0.1) is 11.8 Å². The minimum Gasteiger partial charge on any atom is -0.312 e. The molecule has 3 atom stereocenters. The predicted molar refractivity (Wildman–Crippen MR) is 88.1 cm³/mol. The van der Waals surface area contributed by atoms with Crippen LogP contribution in [0.25, 0.3) is 0 Å². The number of rotatable bonds is 5. The molecule has 2 fully saturated rings. The number of hydrogen-bond donors (Lipinski definition) is 1. The van der Waals surface area contributed by atoms with Gasteiger partial charge in [-0.15, -0.1) is 0 Å². The molecule has 0 radical (unpaired) electrons. The molecular weight excluding hydrogens is 244 g/mol. The fourth-order valence-corrected chi connectivity index (χ4v) is 4.35. The van der Waals surface area contributed by atoms with Crippen molar-refractivity contribution >= 4 is 0 Å². The molecule has 0 amide bonds. The summed E-state index contributed by atoms with van der Waals surface area (Å²) in [6.45, 7) is 11.0. The molecule has 1 saturated heterocycles. The van der Waals surface area contributed by atoms with Gasteiger partial charge in [0.05, 0.1) is 0 Å². The highest BCUT2D eigenvalue weighted by Crippen LogP contribution is 2.31. The van der Waals surface area contributed by atoms with Crippen LogP contribution in [0.1, 0.15) is 72.1 Å². The van der Waals surface area contributed by atoms with Crippen molar-refractivity contribution in [3.63, 3.8) is 0 Å². The molecule has 0 aromatic heterocycles. The Morgan fingerprint density at radius 2 is 1.80 bits per heavy atom. The molecule has 20 heavy (non-hydrogen) atoms. The lowest BCUT2D eigenvalue weighted by molar-refractivity contribution is 0.104. The summed E-state index contributed by atoms with van der Waals surface area (Å²) >= 11 is 0. The molecule has 1 saturated carbocycles. The molecule has 0 aromatic rings. The van der Waals surface area contributed by atoms with E-state index in [-0.39, 0.29) is 0 Å². The van der Waals surface area contributed by atoms with Gasteiger partial charge < -0.3 is 5.32 Å².